The molecule has 0 bridgehead atoms. The van der Waals surface area contributed by atoms with Crippen LogP contribution in [-0.4, -0.2) is 38.1 Å². The van der Waals surface area contributed by atoms with Gasteiger partial charge in [-0.2, -0.15) is 5.10 Å². The number of hydrogen-bond acceptors (Lipinski definition) is 5. The molecule has 1 aliphatic heterocycles. The van der Waals surface area contributed by atoms with Crippen LogP contribution >= 0.6 is 0 Å². The number of carbonyl (C=O) groups is 2. The summed E-state index contributed by atoms with van der Waals surface area (Å²) in [5.41, 5.74) is 3.22. The lowest BCUT2D eigenvalue weighted by molar-refractivity contribution is -0.116. The molecule has 4 rings (SSSR count). The number of amides is 2. The molecule has 1 unspecified atom stereocenters. The number of benzene rings is 1. The second-order valence-corrected chi connectivity index (χ2v) is 7.67. The first-order chi connectivity index (χ1) is 14.4. The number of nitrogens with zero attached hydrogens (tertiary/aromatic N) is 5. The third kappa shape index (κ3) is 3.80. The van der Waals surface area contributed by atoms with Crippen molar-refractivity contribution in [3.8, 4) is 0 Å². The van der Waals surface area contributed by atoms with Crippen molar-refractivity contribution < 1.29 is 9.59 Å². The lowest BCUT2D eigenvalue weighted by Crippen LogP contribution is -2.27. The molecular weight excluding hydrogens is 380 g/mol. The summed E-state index contributed by atoms with van der Waals surface area (Å²) in [6, 6.07) is 9.35. The predicted molar refractivity (Wildman–Crippen MR) is 112 cm³/mol. The molecule has 154 valence electrons. The SMILES string of the molecule is CC(=O)N1CC(c2ncn(C(C)C)n2)c2cc(C(=O)NCc3ccncc3)ccc21. The van der Waals surface area contributed by atoms with Crippen molar-refractivity contribution in [3.63, 3.8) is 0 Å². The van der Waals surface area contributed by atoms with Gasteiger partial charge in [0.05, 0.1) is 5.92 Å². The number of nitrogens with one attached hydrogen (secondary N) is 1. The number of aromatic nitrogens is 4. The van der Waals surface area contributed by atoms with Crippen LogP contribution in [0.3, 0.4) is 0 Å². The minimum atomic E-state index is -0.171. The average molecular weight is 404 g/mol. The topological polar surface area (TPSA) is 93.0 Å². The summed E-state index contributed by atoms with van der Waals surface area (Å²) in [5.74, 6) is 0.270. The van der Waals surface area contributed by atoms with E-state index >= 15 is 0 Å². The van der Waals surface area contributed by atoms with Gasteiger partial charge in [-0.25, -0.2) is 4.98 Å². The van der Waals surface area contributed by atoms with Crippen LogP contribution in [0, 0.1) is 0 Å². The zero-order chi connectivity index (χ0) is 21.3. The Hall–Kier alpha value is -3.55. The maximum Gasteiger partial charge on any atom is 0.251 e. The van der Waals surface area contributed by atoms with Crippen LogP contribution < -0.4 is 10.2 Å². The molecule has 0 saturated carbocycles. The van der Waals surface area contributed by atoms with Crippen molar-refractivity contribution in [2.24, 2.45) is 0 Å². The van der Waals surface area contributed by atoms with Gasteiger partial charge in [-0.3, -0.25) is 19.3 Å². The van der Waals surface area contributed by atoms with E-state index in [9.17, 15) is 9.59 Å². The van der Waals surface area contributed by atoms with Gasteiger partial charge in [0.2, 0.25) is 5.91 Å². The predicted octanol–water partition coefficient (Wildman–Crippen LogP) is 2.68. The van der Waals surface area contributed by atoms with E-state index in [-0.39, 0.29) is 23.8 Å². The minimum Gasteiger partial charge on any atom is -0.348 e. The van der Waals surface area contributed by atoms with Gasteiger partial charge in [0, 0.05) is 49.7 Å². The molecule has 0 spiro atoms. The number of carbonyl (C=O) groups excluding carboxylic acids is 2. The van der Waals surface area contributed by atoms with Crippen molar-refractivity contribution in [1.82, 2.24) is 25.1 Å². The molecule has 1 aliphatic rings. The lowest BCUT2D eigenvalue weighted by Gasteiger charge is -2.15. The Bertz CT molecular complexity index is 1080. The molecular formula is C22H24N6O2. The van der Waals surface area contributed by atoms with Gasteiger partial charge in [0.1, 0.15) is 6.33 Å². The quantitative estimate of drug-likeness (QED) is 0.706. The molecule has 0 fully saturated rings. The molecule has 30 heavy (non-hydrogen) atoms. The first kappa shape index (κ1) is 19.8. The van der Waals surface area contributed by atoms with Crippen LogP contribution in [0.15, 0.2) is 49.1 Å². The standard InChI is InChI=1S/C22H24N6O2/c1-14(2)28-13-25-21(26-28)19-12-27(15(3)29)20-5-4-17(10-18(19)20)22(30)24-11-16-6-8-23-9-7-16/h4-10,13-14,19H,11-12H2,1-3H3,(H,24,30). The Morgan fingerprint density at radius 3 is 2.63 bits per heavy atom. The Morgan fingerprint density at radius 1 is 1.20 bits per heavy atom. The Morgan fingerprint density at radius 2 is 1.97 bits per heavy atom. The van der Waals surface area contributed by atoms with Gasteiger partial charge in [-0.15, -0.1) is 0 Å². The fourth-order valence-corrected chi connectivity index (χ4v) is 3.60. The molecule has 0 saturated heterocycles. The summed E-state index contributed by atoms with van der Waals surface area (Å²) >= 11 is 0. The van der Waals surface area contributed by atoms with Crippen LogP contribution in [0.25, 0.3) is 0 Å². The van der Waals surface area contributed by atoms with E-state index in [0.717, 1.165) is 16.8 Å². The van der Waals surface area contributed by atoms with Crippen molar-refractivity contribution in [3.05, 3.63) is 71.6 Å². The van der Waals surface area contributed by atoms with Crippen LogP contribution in [0.2, 0.25) is 0 Å². The van der Waals surface area contributed by atoms with Gasteiger partial charge in [0.15, 0.2) is 5.82 Å². The summed E-state index contributed by atoms with van der Waals surface area (Å²) in [5, 5.41) is 7.53. The third-order valence-corrected chi connectivity index (χ3v) is 5.27. The highest BCUT2D eigenvalue weighted by molar-refractivity contribution is 5.98. The zero-order valence-electron chi connectivity index (χ0n) is 17.2. The largest absolute Gasteiger partial charge is 0.348 e. The van der Waals surface area contributed by atoms with E-state index in [1.165, 1.54) is 0 Å². The van der Waals surface area contributed by atoms with E-state index in [1.54, 1.807) is 41.3 Å². The lowest BCUT2D eigenvalue weighted by atomic mass is 9.98. The molecule has 3 heterocycles. The highest BCUT2D eigenvalue weighted by Crippen LogP contribution is 2.39. The smallest absolute Gasteiger partial charge is 0.251 e. The fraction of sp³-hybridized carbons (Fsp3) is 0.318. The van der Waals surface area contributed by atoms with Crippen molar-refractivity contribution in [1.29, 1.82) is 0 Å². The maximum atomic E-state index is 12.7. The molecule has 8 nitrogen and oxygen atoms in total. The van der Waals surface area contributed by atoms with Gasteiger partial charge < -0.3 is 10.2 Å². The summed E-state index contributed by atoms with van der Waals surface area (Å²) in [6.07, 6.45) is 5.10. The van der Waals surface area contributed by atoms with Gasteiger partial charge >= 0.3 is 0 Å². The van der Waals surface area contributed by atoms with Crippen molar-refractivity contribution >= 4 is 17.5 Å². The molecule has 0 aliphatic carbocycles. The first-order valence-corrected chi connectivity index (χ1v) is 9.94. The molecule has 0 radical (unpaired) electrons. The van der Waals surface area contributed by atoms with Crippen LogP contribution in [0.5, 0.6) is 0 Å². The van der Waals surface area contributed by atoms with E-state index in [4.69, 9.17) is 0 Å². The fourth-order valence-electron chi connectivity index (χ4n) is 3.60. The maximum absolute atomic E-state index is 12.7. The van der Waals surface area contributed by atoms with Gasteiger partial charge in [-0.1, -0.05) is 0 Å². The molecule has 2 aromatic heterocycles. The second kappa shape index (κ2) is 8.06. The molecule has 8 heteroatoms. The third-order valence-electron chi connectivity index (χ3n) is 5.27. The highest BCUT2D eigenvalue weighted by atomic mass is 16.2. The monoisotopic (exact) mass is 404 g/mol. The summed E-state index contributed by atoms with van der Waals surface area (Å²) < 4.78 is 1.80. The van der Waals surface area contributed by atoms with E-state index in [0.29, 0.717) is 24.5 Å². The number of fused-ring (bicyclic) bond motifs is 1. The van der Waals surface area contributed by atoms with Crippen LogP contribution in [0.4, 0.5) is 5.69 Å². The molecule has 1 aromatic carbocycles. The highest BCUT2D eigenvalue weighted by Gasteiger charge is 2.35. The Kier molecular flexibility index (Phi) is 5.31. The number of hydrogen-bond donors (Lipinski definition) is 1. The van der Waals surface area contributed by atoms with Gasteiger partial charge in [-0.05, 0) is 55.3 Å². The van der Waals surface area contributed by atoms with Crippen molar-refractivity contribution in [2.45, 2.75) is 39.3 Å². The first-order valence-electron chi connectivity index (χ1n) is 9.94. The Labute approximate surface area is 175 Å². The molecule has 1 atom stereocenters. The number of pyridine rings is 1. The summed E-state index contributed by atoms with van der Waals surface area (Å²) in [6.45, 7) is 6.50. The van der Waals surface area contributed by atoms with Crippen LogP contribution in [0.1, 0.15) is 60.0 Å². The molecule has 1 N–H and O–H groups in total. The minimum absolute atomic E-state index is 0.0445. The number of rotatable bonds is 5. The second-order valence-electron chi connectivity index (χ2n) is 7.67. The van der Waals surface area contributed by atoms with E-state index in [1.807, 2.05) is 38.1 Å². The average Bonchev–Trinajstić information content (AvgIpc) is 3.37. The normalized spacial score (nSPS) is 15.3. The molecule has 2 amide bonds. The van der Waals surface area contributed by atoms with Gasteiger partial charge in [0.25, 0.3) is 5.91 Å². The van der Waals surface area contributed by atoms with Crippen molar-refractivity contribution in [2.75, 3.05) is 11.4 Å². The van der Waals surface area contributed by atoms with Crippen LogP contribution in [-0.2, 0) is 11.3 Å². The molecule has 3 aromatic rings. The Balaban J connectivity index is 1.62. The zero-order valence-corrected chi connectivity index (χ0v) is 17.2. The number of anilines is 1. The summed E-state index contributed by atoms with van der Waals surface area (Å²) in [7, 11) is 0. The summed E-state index contributed by atoms with van der Waals surface area (Å²) in [4.78, 5) is 35.1. The van der Waals surface area contributed by atoms with E-state index < -0.39 is 0 Å². The van der Waals surface area contributed by atoms with E-state index in [2.05, 4.69) is 20.4 Å².